The number of nitrogens with zero attached hydrogens (tertiary/aromatic N) is 4. The van der Waals surface area contributed by atoms with Crippen molar-refractivity contribution in [3.8, 4) is 17.1 Å². The van der Waals surface area contributed by atoms with Gasteiger partial charge in [-0.3, -0.25) is 0 Å². The molecule has 0 saturated carbocycles. The van der Waals surface area contributed by atoms with Gasteiger partial charge in [0.25, 0.3) is 0 Å². The van der Waals surface area contributed by atoms with Gasteiger partial charge >= 0.3 is 0 Å². The van der Waals surface area contributed by atoms with E-state index in [9.17, 15) is 0 Å². The van der Waals surface area contributed by atoms with Crippen LogP contribution in [0.4, 0.5) is 0 Å². The predicted molar refractivity (Wildman–Crippen MR) is 90.9 cm³/mol. The normalized spacial score (nSPS) is 10.8. The Bertz CT molecular complexity index is 772. The molecular formula is C17H17ClN4O2. The fraction of sp³-hybridized carbons (Fsp3) is 0.235. The van der Waals surface area contributed by atoms with E-state index in [4.69, 9.17) is 21.1 Å². The third-order valence-electron chi connectivity index (χ3n) is 3.38. The van der Waals surface area contributed by atoms with Crippen molar-refractivity contribution >= 4 is 11.6 Å². The van der Waals surface area contributed by atoms with Crippen molar-refractivity contribution < 1.29 is 9.47 Å². The Morgan fingerprint density at radius 1 is 1.04 bits per heavy atom. The number of aromatic nitrogens is 4. The Kier molecular flexibility index (Phi) is 5.40. The molecule has 0 bridgehead atoms. The maximum absolute atomic E-state index is 5.87. The molecule has 0 aliphatic heterocycles. The minimum Gasteiger partial charge on any atom is -0.489 e. The van der Waals surface area contributed by atoms with Crippen molar-refractivity contribution in [1.29, 1.82) is 0 Å². The summed E-state index contributed by atoms with van der Waals surface area (Å²) in [5, 5.41) is 13.1. The van der Waals surface area contributed by atoms with Crippen molar-refractivity contribution in [3.63, 3.8) is 0 Å². The fourth-order valence-corrected chi connectivity index (χ4v) is 2.20. The van der Waals surface area contributed by atoms with E-state index in [1.165, 1.54) is 4.80 Å². The number of methoxy groups -OCH3 is 1. The number of hydrogen-bond acceptors (Lipinski definition) is 5. The molecule has 0 fully saturated rings. The van der Waals surface area contributed by atoms with Crippen LogP contribution < -0.4 is 4.74 Å². The first-order valence-corrected chi connectivity index (χ1v) is 7.87. The lowest BCUT2D eigenvalue weighted by molar-refractivity contribution is 0.178. The summed E-state index contributed by atoms with van der Waals surface area (Å²) in [7, 11) is 1.64. The van der Waals surface area contributed by atoms with E-state index in [-0.39, 0.29) is 0 Å². The molecule has 0 N–H and O–H groups in total. The monoisotopic (exact) mass is 344 g/mol. The first-order chi connectivity index (χ1) is 11.7. The van der Waals surface area contributed by atoms with E-state index in [1.54, 1.807) is 7.11 Å². The van der Waals surface area contributed by atoms with E-state index < -0.39 is 0 Å². The summed E-state index contributed by atoms with van der Waals surface area (Å²) in [6.07, 6.45) is 0. The fourth-order valence-electron chi connectivity index (χ4n) is 2.07. The first kappa shape index (κ1) is 16.4. The zero-order valence-electron chi connectivity index (χ0n) is 13.2. The van der Waals surface area contributed by atoms with E-state index in [0.717, 1.165) is 16.9 Å². The van der Waals surface area contributed by atoms with Crippen molar-refractivity contribution in [2.45, 2.75) is 13.2 Å². The highest BCUT2D eigenvalue weighted by Crippen LogP contribution is 2.20. The van der Waals surface area contributed by atoms with Crippen LogP contribution in [-0.4, -0.2) is 33.9 Å². The number of hydrogen-bond donors (Lipinski definition) is 0. The molecule has 0 atom stereocenters. The van der Waals surface area contributed by atoms with Crippen molar-refractivity contribution in [2.24, 2.45) is 0 Å². The van der Waals surface area contributed by atoms with Gasteiger partial charge in [0.15, 0.2) is 0 Å². The average Bonchev–Trinajstić information content (AvgIpc) is 3.09. The van der Waals surface area contributed by atoms with Gasteiger partial charge in [-0.25, -0.2) is 0 Å². The third-order valence-corrected chi connectivity index (χ3v) is 3.63. The Hall–Kier alpha value is -2.44. The lowest BCUT2D eigenvalue weighted by atomic mass is 10.2. The first-order valence-electron chi connectivity index (χ1n) is 7.49. The molecule has 0 amide bonds. The van der Waals surface area contributed by atoms with Crippen LogP contribution in [0, 0.1) is 0 Å². The second-order valence-corrected chi connectivity index (χ2v) is 5.58. The van der Waals surface area contributed by atoms with E-state index in [2.05, 4.69) is 15.4 Å². The van der Waals surface area contributed by atoms with Gasteiger partial charge in [-0.05, 0) is 47.2 Å². The molecule has 0 radical (unpaired) electrons. The molecule has 7 heteroatoms. The number of halogens is 1. The van der Waals surface area contributed by atoms with Gasteiger partial charge in [-0.1, -0.05) is 23.7 Å². The Labute approximate surface area is 145 Å². The molecule has 2 aromatic carbocycles. The topological polar surface area (TPSA) is 62.1 Å². The van der Waals surface area contributed by atoms with Gasteiger partial charge in [0.1, 0.15) is 12.4 Å². The molecule has 6 nitrogen and oxygen atoms in total. The smallest absolute Gasteiger partial charge is 0.204 e. The van der Waals surface area contributed by atoms with Crippen LogP contribution in [0.3, 0.4) is 0 Å². The van der Waals surface area contributed by atoms with Crippen molar-refractivity contribution in [1.82, 2.24) is 20.2 Å². The lowest BCUT2D eigenvalue weighted by Gasteiger charge is -2.06. The van der Waals surface area contributed by atoms with Crippen LogP contribution in [-0.2, 0) is 17.9 Å². The van der Waals surface area contributed by atoms with Crippen LogP contribution in [0.15, 0.2) is 48.5 Å². The van der Waals surface area contributed by atoms with Crippen LogP contribution in [0.2, 0.25) is 5.02 Å². The van der Waals surface area contributed by atoms with Crippen molar-refractivity contribution in [2.75, 3.05) is 13.7 Å². The zero-order valence-corrected chi connectivity index (χ0v) is 14.0. The quantitative estimate of drug-likeness (QED) is 0.658. The van der Waals surface area contributed by atoms with Gasteiger partial charge in [-0.2, -0.15) is 4.80 Å². The van der Waals surface area contributed by atoms with Crippen LogP contribution >= 0.6 is 11.6 Å². The molecule has 0 spiro atoms. The van der Waals surface area contributed by atoms with E-state index in [0.29, 0.717) is 30.6 Å². The molecule has 0 aliphatic carbocycles. The summed E-state index contributed by atoms with van der Waals surface area (Å²) in [4.78, 5) is 1.52. The molecular weight excluding hydrogens is 328 g/mol. The molecule has 24 heavy (non-hydrogen) atoms. The SMILES string of the molecule is COCCn1nnc(-c2ccc(OCc3ccc(Cl)cc3)cc2)n1. The largest absolute Gasteiger partial charge is 0.489 e. The number of tetrazole rings is 1. The second-order valence-electron chi connectivity index (χ2n) is 5.14. The molecule has 0 unspecified atom stereocenters. The number of rotatable bonds is 7. The Morgan fingerprint density at radius 3 is 2.50 bits per heavy atom. The summed E-state index contributed by atoms with van der Waals surface area (Å²) in [6.45, 7) is 1.61. The minimum atomic E-state index is 0.488. The highest BCUT2D eigenvalue weighted by Gasteiger charge is 2.06. The van der Waals surface area contributed by atoms with Gasteiger partial charge in [0.2, 0.25) is 5.82 Å². The van der Waals surface area contributed by atoms with Crippen molar-refractivity contribution in [3.05, 3.63) is 59.1 Å². The Balaban J connectivity index is 1.60. The molecule has 3 aromatic rings. The highest BCUT2D eigenvalue weighted by atomic mass is 35.5. The average molecular weight is 345 g/mol. The number of ether oxygens (including phenoxy) is 2. The summed E-state index contributed by atoms with van der Waals surface area (Å²) < 4.78 is 10.8. The molecule has 0 aliphatic rings. The lowest BCUT2D eigenvalue weighted by Crippen LogP contribution is -2.07. The molecule has 124 valence electrons. The summed E-state index contributed by atoms with van der Waals surface area (Å²) in [5.74, 6) is 1.36. The van der Waals surface area contributed by atoms with Crippen LogP contribution in [0.25, 0.3) is 11.4 Å². The second kappa shape index (κ2) is 7.90. The van der Waals surface area contributed by atoms with Crippen LogP contribution in [0.1, 0.15) is 5.56 Å². The van der Waals surface area contributed by atoms with Gasteiger partial charge in [0.05, 0.1) is 13.2 Å². The maximum Gasteiger partial charge on any atom is 0.204 e. The van der Waals surface area contributed by atoms with E-state index in [1.807, 2.05) is 48.5 Å². The van der Waals surface area contributed by atoms with E-state index >= 15 is 0 Å². The molecule has 3 rings (SSSR count). The standard InChI is InChI=1S/C17H17ClN4O2/c1-23-11-10-22-20-17(19-21-22)14-4-8-16(9-5-14)24-12-13-2-6-15(18)7-3-13/h2-9H,10-12H2,1H3. The molecule has 0 saturated heterocycles. The number of benzene rings is 2. The summed E-state index contributed by atoms with van der Waals surface area (Å²) >= 11 is 5.87. The van der Waals surface area contributed by atoms with Gasteiger partial charge in [-0.15, -0.1) is 10.2 Å². The van der Waals surface area contributed by atoms with Gasteiger partial charge in [0, 0.05) is 17.7 Å². The Morgan fingerprint density at radius 2 is 1.79 bits per heavy atom. The zero-order chi connectivity index (χ0) is 16.8. The highest BCUT2D eigenvalue weighted by molar-refractivity contribution is 6.30. The molecule has 1 aromatic heterocycles. The maximum atomic E-state index is 5.87. The predicted octanol–water partition coefficient (Wildman–Crippen LogP) is 3.22. The summed E-state index contributed by atoms with van der Waals surface area (Å²) in [6, 6.07) is 15.2. The molecule has 1 heterocycles. The summed E-state index contributed by atoms with van der Waals surface area (Å²) in [5.41, 5.74) is 1.95. The van der Waals surface area contributed by atoms with Crippen LogP contribution in [0.5, 0.6) is 5.75 Å². The minimum absolute atomic E-state index is 0.488. The van der Waals surface area contributed by atoms with Gasteiger partial charge < -0.3 is 9.47 Å². The third kappa shape index (κ3) is 4.31.